The van der Waals surface area contributed by atoms with E-state index in [2.05, 4.69) is 59.3 Å². The van der Waals surface area contributed by atoms with E-state index in [0.29, 0.717) is 37.6 Å². The van der Waals surface area contributed by atoms with E-state index in [-0.39, 0.29) is 11.8 Å². The standard InChI is InChI=1S/C42H50N4O3/c1-31(2)38-24-39(41(49-30-33-11-7-4-8-12-33)25-40(38)48-29-32-9-5-3-6-10-32)42(47)46-27-35-14-13-34(23-36(35)28-46)26-44-19-15-37(16-20-44)45-21-17-43-18-22-45/h3-14,23-25,31,37,43H,15-22,26-30H2,1-2H3. The van der Waals surface area contributed by atoms with Crippen molar-refractivity contribution in [2.24, 2.45) is 0 Å². The Bertz CT molecular complexity index is 1700. The number of fused-ring (bicyclic) bond motifs is 1. The monoisotopic (exact) mass is 658 g/mol. The molecule has 3 heterocycles. The number of amides is 1. The minimum absolute atomic E-state index is 0.00712. The quantitative estimate of drug-likeness (QED) is 0.188. The molecule has 0 spiro atoms. The van der Waals surface area contributed by atoms with Gasteiger partial charge in [-0.25, -0.2) is 0 Å². The molecule has 0 saturated carbocycles. The van der Waals surface area contributed by atoms with Crippen molar-refractivity contribution < 1.29 is 14.3 Å². The van der Waals surface area contributed by atoms with Gasteiger partial charge in [-0.1, -0.05) is 92.7 Å². The molecule has 0 aromatic heterocycles. The zero-order chi connectivity index (χ0) is 33.6. The average molecular weight is 659 g/mol. The lowest BCUT2D eigenvalue weighted by atomic mass is 9.98. The lowest BCUT2D eigenvalue weighted by Gasteiger charge is -2.40. The molecule has 256 valence electrons. The van der Waals surface area contributed by atoms with Crippen molar-refractivity contribution in [2.75, 3.05) is 39.3 Å². The highest BCUT2D eigenvalue weighted by Gasteiger charge is 2.29. The molecule has 49 heavy (non-hydrogen) atoms. The van der Waals surface area contributed by atoms with E-state index in [4.69, 9.17) is 9.47 Å². The van der Waals surface area contributed by atoms with E-state index < -0.39 is 0 Å². The molecule has 7 rings (SSSR count). The number of hydrogen-bond donors (Lipinski definition) is 1. The number of nitrogens with zero attached hydrogens (tertiary/aromatic N) is 3. The lowest BCUT2D eigenvalue weighted by Crippen LogP contribution is -2.51. The third-order valence-corrected chi connectivity index (χ3v) is 10.4. The van der Waals surface area contributed by atoms with Crippen molar-refractivity contribution >= 4 is 5.91 Å². The van der Waals surface area contributed by atoms with Crippen molar-refractivity contribution in [3.63, 3.8) is 0 Å². The second kappa shape index (κ2) is 15.6. The first-order valence-electron chi connectivity index (χ1n) is 18.1. The Morgan fingerprint density at radius 2 is 1.37 bits per heavy atom. The van der Waals surface area contributed by atoms with Crippen molar-refractivity contribution in [1.29, 1.82) is 0 Å². The molecular formula is C42H50N4O3. The fraction of sp³-hybridized carbons (Fsp3) is 0.405. The van der Waals surface area contributed by atoms with E-state index in [1.165, 1.54) is 42.6 Å². The van der Waals surface area contributed by atoms with E-state index in [0.717, 1.165) is 61.2 Å². The number of likely N-dealkylation sites (tertiary alicyclic amines) is 1. The van der Waals surface area contributed by atoms with Gasteiger partial charge in [-0.15, -0.1) is 0 Å². The first kappa shape index (κ1) is 33.3. The first-order chi connectivity index (χ1) is 24.0. The summed E-state index contributed by atoms with van der Waals surface area (Å²) in [6.07, 6.45) is 2.49. The van der Waals surface area contributed by atoms with Gasteiger partial charge in [-0.3, -0.25) is 14.6 Å². The van der Waals surface area contributed by atoms with Crippen LogP contribution in [0.2, 0.25) is 0 Å². The number of hydrogen-bond acceptors (Lipinski definition) is 6. The van der Waals surface area contributed by atoms with E-state index in [1.807, 2.05) is 65.6 Å². The highest BCUT2D eigenvalue weighted by atomic mass is 16.5. The number of carbonyl (C=O) groups excluding carboxylic acids is 1. The molecule has 3 aliphatic heterocycles. The summed E-state index contributed by atoms with van der Waals surface area (Å²) in [5, 5.41) is 3.48. The average Bonchev–Trinajstić information content (AvgIpc) is 3.58. The zero-order valence-corrected chi connectivity index (χ0v) is 29.1. The third kappa shape index (κ3) is 8.18. The molecule has 7 heteroatoms. The van der Waals surface area contributed by atoms with Crippen LogP contribution in [0, 0.1) is 0 Å². The van der Waals surface area contributed by atoms with Crippen LogP contribution in [-0.2, 0) is 32.8 Å². The smallest absolute Gasteiger partial charge is 0.258 e. The van der Waals surface area contributed by atoms with Gasteiger partial charge in [0.15, 0.2) is 0 Å². The van der Waals surface area contributed by atoms with Gasteiger partial charge in [-0.2, -0.15) is 0 Å². The van der Waals surface area contributed by atoms with Gasteiger partial charge in [0.2, 0.25) is 0 Å². The van der Waals surface area contributed by atoms with E-state index in [1.54, 1.807) is 0 Å². The molecule has 2 saturated heterocycles. The molecular weight excluding hydrogens is 608 g/mol. The summed E-state index contributed by atoms with van der Waals surface area (Å²) in [6.45, 7) is 14.2. The summed E-state index contributed by atoms with van der Waals surface area (Å²) in [7, 11) is 0. The van der Waals surface area contributed by atoms with Crippen molar-refractivity contribution in [2.45, 2.75) is 71.5 Å². The number of piperidine rings is 1. The van der Waals surface area contributed by atoms with Crippen LogP contribution in [0.5, 0.6) is 11.5 Å². The Morgan fingerprint density at radius 3 is 2.02 bits per heavy atom. The Kier molecular flexibility index (Phi) is 10.6. The maximum absolute atomic E-state index is 14.4. The molecule has 0 atom stereocenters. The fourth-order valence-corrected chi connectivity index (χ4v) is 7.52. The third-order valence-electron chi connectivity index (χ3n) is 10.4. The second-order valence-electron chi connectivity index (χ2n) is 14.1. The predicted octanol–water partition coefficient (Wildman–Crippen LogP) is 6.99. The minimum Gasteiger partial charge on any atom is -0.488 e. The van der Waals surface area contributed by atoms with Gasteiger partial charge < -0.3 is 19.7 Å². The molecule has 2 fully saturated rings. The Hall–Kier alpha value is -4.17. The zero-order valence-electron chi connectivity index (χ0n) is 29.1. The molecule has 7 nitrogen and oxygen atoms in total. The van der Waals surface area contributed by atoms with Crippen LogP contribution in [0.1, 0.15) is 76.3 Å². The first-order valence-corrected chi connectivity index (χ1v) is 18.1. The molecule has 3 aliphatic rings. The van der Waals surface area contributed by atoms with Crippen LogP contribution in [0.3, 0.4) is 0 Å². The van der Waals surface area contributed by atoms with Crippen LogP contribution in [0.25, 0.3) is 0 Å². The largest absolute Gasteiger partial charge is 0.488 e. The van der Waals surface area contributed by atoms with Gasteiger partial charge >= 0.3 is 0 Å². The van der Waals surface area contributed by atoms with Crippen LogP contribution in [-0.4, -0.2) is 65.9 Å². The van der Waals surface area contributed by atoms with Crippen molar-refractivity contribution in [3.8, 4) is 11.5 Å². The lowest BCUT2D eigenvalue weighted by molar-refractivity contribution is 0.0746. The van der Waals surface area contributed by atoms with Crippen molar-refractivity contribution in [3.05, 3.63) is 130 Å². The second-order valence-corrected chi connectivity index (χ2v) is 14.1. The molecule has 0 aliphatic carbocycles. The van der Waals surface area contributed by atoms with Crippen LogP contribution in [0.4, 0.5) is 0 Å². The molecule has 1 N–H and O–H groups in total. The van der Waals surface area contributed by atoms with Gasteiger partial charge in [-0.05, 0) is 71.3 Å². The van der Waals surface area contributed by atoms with Crippen LogP contribution >= 0.6 is 0 Å². The summed E-state index contributed by atoms with van der Waals surface area (Å²) in [5.74, 6) is 1.47. The van der Waals surface area contributed by atoms with Gasteiger partial charge in [0.05, 0.1) is 5.56 Å². The predicted molar refractivity (Wildman–Crippen MR) is 195 cm³/mol. The summed E-state index contributed by atoms with van der Waals surface area (Å²) < 4.78 is 12.8. The summed E-state index contributed by atoms with van der Waals surface area (Å²) in [5.41, 5.74) is 7.56. The maximum atomic E-state index is 14.4. The molecule has 1 amide bonds. The number of benzene rings is 4. The molecule has 0 unspecified atom stereocenters. The topological polar surface area (TPSA) is 57.3 Å². The highest BCUT2D eigenvalue weighted by Crippen LogP contribution is 2.37. The summed E-state index contributed by atoms with van der Waals surface area (Å²) >= 11 is 0. The minimum atomic E-state index is -0.00712. The summed E-state index contributed by atoms with van der Waals surface area (Å²) in [4.78, 5) is 21.6. The number of piperazine rings is 1. The Labute approximate surface area is 291 Å². The highest BCUT2D eigenvalue weighted by molar-refractivity contribution is 5.98. The van der Waals surface area contributed by atoms with Gasteiger partial charge in [0, 0.05) is 57.9 Å². The van der Waals surface area contributed by atoms with Crippen molar-refractivity contribution in [1.82, 2.24) is 20.0 Å². The molecule has 0 bridgehead atoms. The number of rotatable bonds is 11. The van der Waals surface area contributed by atoms with Gasteiger partial charge in [0.1, 0.15) is 24.7 Å². The molecule has 4 aromatic carbocycles. The maximum Gasteiger partial charge on any atom is 0.258 e. The van der Waals surface area contributed by atoms with Crippen LogP contribution < -0.4 is 14.8 Å². The Balaban J connectivity index is 1.06. The van der Waals surface area contributed by atoms with Crippen LogP contribution in [0.15, 0.2) is 91.0 Å². The SMILES string of the molecule is CC(C)c1cc(C(=O)N2Cc3ccc(CN4CCC(N5CCNCC5)CC4)cc3C2)c(OCc2ccccc2)cc1OCc1ccccc1. The fourth-order valence-electron chi connectivity index (χ4n) is 7.52. The molecule has 4 aromatic rings. The normalized spacial score (nSPS) is 17.3. The van der Waals surface area contributed by atoms with E-state index >= 15 is 0 Å². The van der Waals surface area contributed by atoms with Gasteiger partial charge in [0.25, 0.3) is 5.91 Å². The number of carbonyl (C=O) groups is 1. The molecule has 0 radical (unpaired) electrons. The number of nitrogens with one attached hydrogen (secondary N) is 1. The summed E-state index contributed by atoms with van der Waals surface area (Å²) in [6, 6.07) is 31.8. The number of ether oxygens (including phenoxy) is 2. The van der Waals surface area contributed by atoms with E-state index in [9.17, 15) is 4.79 Å². The Morgan fingerprint density at radius 1 is 0.735 bits per heavy atom.